The zero-order valence-corrected chi connectivity index (χ0v) is 16.9. The van der Waals surface area contributed by atoms with E-state index in [1.807, 2.05) is 19.1 Å². The van der Waals surface area contributed by atoms with Gasteiger partial charge in [0, 0.05) is 6.04 Å². The van der Waals surface area contributed by atoms with Crippen LogP contribution in [0.25, 0.3) is 0 Å². The van der Waals surface area contributed by atoms with Crippen LogP contribution in [0, 0.1) is 19.7 Å². The summed E-state index contributed by atoms with van der Waals surface area (Å²) in [5, 5.41) is 0. The van der Waals surface area contributed by atoms with Gasteiger partial charge < -0.3 is 4.74 Å². The third-order valence-corrected chi connectivity index (χ3v) is 6.17. The quantitative estimate of drug-likeness (QED) is 0.797. The van der Waals surface area contributed by atoms with Crippen molar-refractivity contribution in [2.24, 2.45) is 0 Å². The molecule has 142 valence electrons. The van der Waals surface area contributed by atoms with E-state index in [0.29, 0.717) is 5.56 Å². The predicted octanol–water partition coefficient (Wildman–Crippen LogP) is 4.61. The maximum absolute atomic E-state index is 13.3. The van der Waals surface area contributed by atoms with Crippen molar-refractivity contribution >= 4 is 10.0 Å². The van der Waals surface area contributed by atoms with Crippen LogP contribution in [0.4, 0.5) is 4.39 Å². The maximum atomic E-state index is 13.3. The summed E-state index contributed by atoms with van der Waals surface area (Å²) in [6.45, 7) is 9.43. The molecule has 2 rings (SSSR count). The van der Waals surface area contributed by atoms with Crippen molar-refractivity contribution in [2.75, 3.05) is 7.11 Å². The van der Waals surface area contributed by atoms with Crippen LogP contribution in [0.3, 0.4) is 0 Å². The Kier molecular flexibility index (Phi) is 6.09. The highest BCUT2D eigenvalue weighted by Crippen LogP contribution is 2.32. The van der Waals surface area contributed by atoms with E-state index in [4.69, 9.17) is 4.74 Å². The first-order chi connectivity index (χ1) is 12.1. The van der Waals surface area contributed by atoms with E-state index >= 15 is 0 Å². The molecular weight excluding hydrogens is 353 g/mol. The highest BCUT2D eigenvalue weighted by molar-refractivity contribution is 7.89. The van der Waals surface area contributed by atoms with Crippen LogP contribution < -0.4 is 9.46 Å². The molecule has 0 saturated heterocycles. The number of benzene rings is 2. The maximum Gasteiger partial charge on any atom is 0.241 e. The molecule has 0 aromatic heterocycles. The van der Waals surface area contributed by atoms with Crippen LogP contribution in [-0.4, -0.2) is 15.5 Å². The van der Waals surface area contributed by atoms with Gasteiger partial charge in [-0.3, -0.25) is 0 Å². The van der Waals surface area contributed by atoms with Gasteiger partial charge in [0.2, 0.25) is 10.0 Å². The Morgan fingerprint density at radius 3 is 2.19 bits per heavy atom. The molecule has 0 bridgehead atoms. The Hall–Kier alpha value is -1.92. The van der Waals surface area contributed by atoms with Crippen LogP contribution in [0.1, 0.15) is 55.0 Å². The largest absolute Gasteiger partial charge is 0.496 e. The molecule has 2 aromatic rings. The van der Waals surface area contributed by atoms with Crippen LogP contribution in [0.2, 0.25) is 0 Å². The fraction of sp³-hybridized carbons (Fsp3) is 0.400. The van der Waals surface area contributed by atoms with Crippen molar-refractivity contribution < 1.29 is 17.5 Å². The Balaban J connectivity index is 2.40. The van der Waals surface area contributed by atoms with Crippen LogP contribution in [0.15, 0.2) is 35.2 Å². The zero-order chi connectivity index (χ0) is 19.6. The number of ether oxygens (including phenoxy) is 1. The van der Waals surface area contributed by atoms with E-state index in [1.54, 1.807) is 21.0 Å². The Morgan fingerprint density at radius 2 is 1.65 bits per heavy atom. The summed E-state index contributed by atoms with van der Waals surface area (Å²) < 4.78 is 46.9. The third-order valence-electron chi connectivity index (χ3n) is 4.47. The van der Waals surface area contributed by atoms with E-state index < -0.39 is 21.9 Å². The van der Waals surface area contributed by atoms with Crippen LogP contribution in [-0.2, 0) is 10.0 Å². The minimum absolute atomic E-state index is 0.0843. The van der Waals surface area contributed by atoms with Crippen LogP contribution >= 0.6 is 0 Å². The van der Waals surface area contributed by atoms with E-state index in [2.05, 4.69) is 18.6 Å². The number of methoxy groups -OCH3 is 1. The van der Waals surface area contributed by atoms with Crippen molar-refractivity contribution in [1.29, 1.82) is 0 Å². The average molecular weight is 379 g/mol. The number of halogens is 1. The Bertz CT molecular complexity index is 908. The summed E-state index contributed by atoms with van der Waals surface area (Å²) in [6, 6.07) is 7.14. The second-order valence-corrected chi connectivity index (χ2v) is 8.54. The van der Waals surface area contributed by atoms with Gasteiger partial charge in [-0.2, -0.15) is 0 Å². The summed E-state index contributed by atoms with van der Waals surface area (Å²) in [7, 11) is -2.14. The fourth-order valence-corrected chi connectivity index (χ4v) is 4.53. The predicted molar refractivity (Wildman–Crippen MR) is 102 cm³/mol. The smallest absolute Gasteiger partial charge is 0.241 e. The van der Waals surface area contributed by atoms with Gasteiger partial charge in [0.15, 0.2) is 0 Å². The molecule has 1 N–H and O–H groups in total. The number of hydrogen-bond acceptors (Lipinski definition) is 3. The monoisotopic (exact) mass is 379 g/mol. The summed E-state index contributed by atoms with van der Waals surface area (Å²) in [4.78, 5) is 0.0843. The lowest BCUT2D eigenvalue weighted by atomic mass is 9.94. The van der Waals surface area contributed by atoms with Gasteiger partial charge in [-0.1, -0.05) is 13.8 Å². The topological polar surface area (TPSA) is 55.4 Å². The first-order valence-electron chi connectivity index (χ1n) is 8.53. The highest BCUT2D eigenvalue weighted by Gasteiger charge is 2.23. The zero-order valence-electron chi connectivity index (χ0n) is 16.1. The van der Waals surface area contributed by atoms with Crippen molar-refractivity contribution in [1.82, 2.24) is 4.72 Å². The average Bonchev–Trinajstić information content (AvgIpc) is 2.53. The number of nitrogens with one attached hydrogen (secondary N) is 1. The SMILES string of the molecule is COc1cc(C)c(C(C)NS(=O)(=O)c2ccc(F)cc2C)cc1C(C)C. The number of rotatable bonds is 6. The van der Waals surface area contributed by atoms with Crippen molar-refractivity contribution in [3.8, 4) is 5.75 Å². The van der Waals surface area contributed by atoms with E-state index in [0.717, 1.165) is 28.5 Å². The summed E-state index contributed by atoms with van der Waals surface area (Å²) in [6.07, 6.45) is 0. The van der Waals surface area contributed by atoms with Gasteiger partial charge in [0.05, 0.1) is 12.0 Å². The van der Waals surface area contributed by atoms with Crippen molar-refractivity contribution in [3.05, 3.63) is 58.4 Å². The fourth-order valence-electron chi connectivity index (χ4n) is 3.08. The minimum Gasteiger partial charge on any atom is -0.496 e. The molecule has 0 fully saturated rings. The summed E-state index contributed by atoms with van der Waals surface area (Å²) in [5.41, 5.74) is 3.23. The molecule has 0 spiro atoms. The molecule has 26 heavy (non-hydrogen) atoms. The number of aryl methyl sites for hydroxylation is 2. The van der Waals surface area contributed by atoms with Gasteiger partial charge in [-0.15, -0.1) is 0 Å². The van der Waals surface area contributed by atoms with E-state index in [-0.39, 0.29) is 10.8 Å². The standard InChI is InChI=1S/C20H26FNO3S/c1-12(2)17-11-18(13(3)10-19(17)25-6)15(5)22-26(23,24)20-8-7-16(21)9-14(20)4/h7-12,15,22H,1-6H3. The molecular formula is C20H26FNO3S. The molecule has 0 heterocycles. The van der Waals surface area contributed by atoms with Crippen LogP contribution in [0.5, 0.6) is 5.75 Å². The third kappa shape index (κ3) is 4.24. The molecule has 0 aliphatic rings. The molecule has 2 aromatic carbocycles. The highest BCUT2D eigenvalue weighted by atomic mass is 32.2. The molecule has 0 aliphatic carbocycles. The molecule has 1 unspecified atom stereocenters. The lowest BCUT2D eigenvalue weighted by Gasteiger charge is -2.21. The van der Waals surface area contributed by atoms with Gasteiger partial charge in [-0.25, -0.2) is 17.5 Å². The van der Waals surface area contributed by atoms with Gasteiger partial charge in [0.1, 0.15) is 11.6 Å². The summed E-state index contributed by atoms with van der Waals surface area (Å²) >= 11 is 0. The van der Waals surface area contributed by atoms with E-state index in [1.165, 1.54) is 12.1 Å². The number of sulfonamides is 1. The Morgan fingerprint density at radius 1 is 1.00 bits per heavy atom. The van der Waals surface area contributed by atoms with E-state index in [9.17, 15) is 12.8 Å². The second-order valence-electron chi connectivity index (χ2n) is 6.86. The molecule has 6 heteroatoms. The lowest BCUT2D eigenvalue weighted by Crippen LogP contribution is -2.28. The summed E-state index contributed by atoms with van der Waals surface area (Å²) in [5.74, 6) is 0.584. The lowest BCUT2D eigenvalue weighted by molar-refractivity contribution is 0.406. The molecule has 0 amide bonds. The molecule has 4 nitrogen and oxygen atoms in total. The minimum atomic E-state index is -3.77. The van der Waals surface area contributed by atoms with Crippen molar-refractivity contribution in [2.45, 2.75) is 51.5 Å². The van der Waals surface area contributed by atoms with Gasteiger partial charge in [-0.05, 0) is 79.3 Å². The molecule has 0 saturated carbocycles. The van der Waals surface area contributed by atoms with Gasteiger partial charge in [0.25, 0.3) is 0 Å². The molecule has 1 atom stereocenters. The Labute approximate surface area is 155 Å². The second kappa shape index (κ2) is 7.76. The van der Waals surface area contributed by atoms with Gasteiger partial charge >= 0.3 is 0 Å². The molecule has 0 aliphatic heterocycles. The normalized spacial score (nSPS) is 13.1. The molecule has 0 radical (unpaired) electrons. The number of hydrogen-bond donors (Lipinski definition) is 1. The van der Waals surface area contributed by atoms with Crippen molar-refractivity contribution in [3.63, 3.8) is 0 Å². The first kappa shape index (κ1) is 20.4. The first-order valence-corrected chi connectivity index (χ1v) is 10.0.